The van der Waals surface area contributed by atoms with Crippen LogP contribution in [0.3, 0.4) is 0 Å². The van der Waals surface area contributed by atoms with Gasteiger partial charge in [-0.1, -0.05) is 16.8 Å². The van der Waals surface area contributed by atoms with Crippen LogP contribution in [0.25, 0.3) is 11.3 Å². The molecular weight excluding hydrogens is 278 g/mol. The third-order valence-corrected chi connectivity index (χ3v) is 2.85. The quantitative estimate of drug-likeness (QED) is 0.870. The first kappa shape index (κ1) is 11.7. The van der Waals surface area contributed by atoms with Crippen molar-refractivity contribution in [3.8, 4) is 28.5 Å². The lowest BCUT2D eigenvalue weighted by molar-refractivity contribution is 0.0652. The summed E-state index contributed by atoms with van der Waals surface area (Å²) >= 11 is 5.86. The molecule has 0 saturated carbocycles. The van der Waals surface area contributed by atoms with E-state index in [0.717, 1.165) is 6.07 Å². The largest absolute Gasteiger partial charge is 0.506 e. The molecule has 0 amide bonds. The molecule has 2 heterocycles. The Morgan fingerprint density at radius 2 is 2.16 bits per heavy atom. The topological polar surface area (TPSA) is 102 Å². The zero-order chi connectivity index (χ0) is 13.6. The molecule has 0 unspecified atom stereocenters. The van der Waals surface area contributed by atoms with Crippen molar-refractivity contribution in [2.45, 2.75) is 0 Å². The summed E-state index contributed by atoms with van der Waals surface area (Å²) in [6.07, 6.45) is 0. The average Bonchev–Trinajstić information content (AvgIpc) is 2.99. The second-order valence-electron chi connectivity index (χ2n) is 3.70. The van der Waals surface area contributed by atoms with Crippen LogP contribution >= 0.6 is 11.6 Å². The van der Waals surface area contributed by atoms with Crippen molar-refractivity contribution < 1.29 is 29.0 Å². The van der Waals surface area contributed by atoms with Crippen LogP contribution in [0.5, 0.6) is 17.2 Å². The molecule has 7 nitrogen and oxygen atoms in total. The number of phenols is 1. The van der Waals surface area contributed by atoms with Crippen molar-refractivity contribution in [2.24, 2.45) is 0 Å². The highest BCUT2D eigenvalue weighted by Gasteiger charge is 2.27. The summed E-state index contributed by atoms with van der Waals surface area (Å²) in [6.45, 7) is -0.0221. The van der Waals surface area contributed by atoms with Crippen LogP contribution < -0.4 is 9.47 Å². The fourth-order valence-corrected chi connectivity index (χ4v) is 1.93. The van der Waals surface area contributed by atoms with Crippen LogP contribution in [0.2, 0.25) is 5.02 Å². The molecular formula is C11H6ClNO6. The van der Waals surface area contributed by atoms with Crippen molar-refractivity contribution in [3.05, 3.63) is 22.9 Å². The van der Waals surface area contributed by atoms with Gasteiger partial charge in [-0.3, -0.25) is 0 Å². The minimum atomic E-state index is -1.27. The van der Waals surface area contributed by atoms with Gasteiger partial charge >= 0.3 is 5.97 Å². The number of nitrogens with zero attached hydrogens (tertiary/aromatic N) is 1. The average molecular weight is 284 g/mol. The summed E-state index contributed by atoms with van der Waals surface area (Å²) in [5.41, 5.74) is 0.232. The third-order valence-electron chi connectivity index (χ3n) is 2.57. The van der Waals surface area contributed by atoms with Gasteiger partial charge in [0.1, 0.15) is 11.4 Å². The van der Waals surface area contributed by atoms with Crippen molar-refractivity contribution in [3.63, 3.8) is 0 Å². The number of aromatic carboxylic acids is 1. The SMILES string of the molecule is O=C(O)c1cc(-c2c(O)c(Cl)cc3c2OCO3)no1. The number of rotatable bonds is 2. The molecule has 1 aliphatic heterocycles. The predicted octanol–water partition coefficient (Wildman–Crippen LogP) is 2.13. The maximum Gasteiger partial charge on any atom is 0.374 e. The number of halogens is 1. The molecule has 1 aromatic carbocycles. The molecule has 0 spiro atoms. The molecule has 1 aliphatic rings. The van der Waals surface area contributed by atoms with Gasteiger partial charge in [0.2, 0.25) is 12.6 Å². The molecule has 0 bridgehead atoms. The molecule has 19 heavy (non-hydrogen) atoms. The van der Waals surface area contributed by atoms with E-state index in [4.69, 9.17) is 26.2 Å². The van der Waals surface area contributed by atoms with E-state index < -0.39 is 5.97 Å². The van der Waals surface area contributed by atoms with E-state index >= 15 is 0 Å². The minimum absolute atomic E-state index is 0.0221. The Kier molecular flexibility index (Phi) is 2.49. The molecule has 3 rings (SSSR count). The van der Waals surface area contributed by atoms with Gasteiger partial charge in [-0.05, 0) is 0 Å². The molecule has 2 N–H and O–H groups in total. The number of fused-ring (bicyclic) bond motifs is 1. The first-order chi connectivity index (χ1) is 9.08. The molecule has 8 heteroatoms. The molecule has 0 saturated heterocycles. The van der Waals surface area contributed by atoms with Gasteiger partial charge in [-0.15, -0.1) is 0 Å². The maximum absolute atomic E-state index is 10.8. The zero-order valence-electron chi connectivity index (χ0n) is 9.21. The van der Waals surface area contributed by atoms with Crippen LogP contribution in [-0.2, 0) is 0 Å². The number of benzene rings is 1. The van der Waals surface area contributed by atoms with Gasteiger partial charge in [0.05, 0.1) is 10.6 Å². The summed E-state index contributed by atoms with van der Waals surface area (Å²) in [4.78, 5) is 10.8. The maximum atomic E-state index is 10.8. The monoisotopic (exact) mass is 283 g/mol. The normalized spacial score (nSPS) is 12.7. The smallest absolute Gasteiger partial charge is 0.374 e. The number of aromatic hydroxyl groups is 1. The van der Waals surface area contributed by atoms with Crippen LogP contribution in [0.4, 0.5) is 0 Å². The molecule has 0 fully saturated rings. The Bertz CT molecular complexity index is 680. The van der Waals surface area contributed by atoms with Crippen LogP contribution in [-0.4, -0.2) is 28.1 Å². The number of ether oxygens (including phenoxy) is 2. The van der Waals surface area contributed by atoms with E-state index in [1.807, 2.05) is 0 Å². The summed E-state index contributed by atoms with van der Waals surface area (Å²) in [5.74, 6) is -1.32. The van der Waals surface area contributed by atoms with Crippen molar-refractivity contribution in [1.82, 2.24) is 5.16 Å². The second kappa shape index (κ2) is 4.06. The lowest BCUT2D eigenvalue weighted by Crippen LogP contribution is -1.94. The molecule has 2 aromatic rings. The van der Waals surface area contributed by atoms with Crippen LogP contribution in [0.15, 0.2) is 16.7 Å². The number of phenolic OH excluding ortho intramolecular Hbond substituents is 1. The molecule has 0 radical (unpaired) electrons. The summed E-state index contributed by atoms with van der Waals surface area (Å²) in [7, 11) is 0. The molecule has 0 atom stereocenters. The van der Waals surface area contributed by atoms with Crippen LogP contribution in [0, 0.1) is 0 Å². The Balaban J connectivity index is 2.21. The van der Waals surface area contributed by atoms with Gasteiger partial charge in [0.25, 0.3) is 0 Å². The van der Waals surface area contributed by atoms with Gasteiger partial charge < -0.3 is 24.2 Å². The van der Waals surface area contributed by atoms with Crippen molar-refractivity contribution in [1.29, 1.82) is 0 Å². The number of hydrogen-bond donors (Lipinski definition) is 2. The number of carboxylic acids is 1. The van der Waals surface area contributed by atoms with Gasteiger partial charge in [0, 0.05) is 12.1 Å². The number of hydrogen-bond acceptors (Lipinski definition) is 6. The van der Waals surface area contributed by atoms with Crippen molar-refractivity contribution in [2.75, 3.05) is 6.79 Å². The Hall–Kier alpha value is -2.41. The number of aromatic nitrogens is 1. The molecule has 98 valence electrons. The van der Waals surface area contributed by atoms with E-state index in [1.54, 1.807) is 0 Å². The highest BCUT2D eigenvalue weighted by Crippen LogP contribution is 2.49. The third kappa shape index (κ3) is 1.75. The predicted molar refractivity (Wildman–Crippen MR) is 61.7 cm³/mol. The molecule has 1 aromatic heterocycles. The lowest BCUT2D eigenvalue weighted by Gasteiger charge is -2.06. The first-order valence-electron chi connectivity index (χ1n) is 5.09. The fourth-order valence-electron chi connectivity index (χ4n) is 1.73. The Labute approximate surface area is 110 Å². The number of carboxylic acid groups (broad SMARTS) is 1. The van der Waals surface area contributed by atoms with E-state index in [-0.39, 0.29) is 40.3 Å². The highest BCUT2D eigenvalue weighted by molar-refractivity contribution is 6.32. The molecule has 0 aliphatic carbocycles. The van der Waals surface area contributed by atoms with E-state index in [9.17, 15) is 9.90 Å². The lowest BCUT2D eigenvalue weighted by atomic mass is 10.1. The van der Waals surface area contributed by atoms with E-state index in [2.05, 4.69) is 9.68 Å². The highest BCUT2D eigenvalue weighted by atomic mass is 35.5. The number of carbonyl (C=O) groups is 1. The fraction of sp³-hybridized carbons (Fsp3) is 0.0909. The van der Waals surface area contributed by atoms with E-state index in [1.165, 1.54) is 6.07 Å². The second-order valence-corrected chi connectivity index (χ2v) is 4.10. The summed E-state index contributed by atoms with van der Waals surface area (Å²) in [6, 6.07) is 2.57. The van der Waals surface area contributed by atoms with Crippen LogP contribution in [0.1, 0.15) is 10.6 Å². The first-order valence-corrected chi connectivity index (χ1v) is 5.47. The summed E-state index contributed by atoms with van der Waals surface area (Å²) in [5, 5.41) is 22.4. The van der Waals surface area contributed by atoms with Crippen molar-refractivity contribution >= 4 is 17.6 Å². The summed E-state index contributed by atoms with van der Waals surface area (Å²) < 4.78 is 15.0. The van der Waals surface area contributed by atoms with Gasteiger partial charge in [0.15, 0.2) is 11.5 Å². The van der Waals surface area contributed by atoms with E-state index in [0.29, 0.717) is 5.75 Å². The standard InChI is InChI=1S/C11H6ClNO6/c12-4-1-6-10(18-3-17-6)8(9(4)14)5-2-7(11(15)16)19-13-5/h1-2,14H,3H2,(H,15,16). The minimum Gasteiger partial charge on any atom is -0.506 e. The Morgan fingerprint density at radius 1 is 1.37 bits per heavy atom. The van der Waals surface area contributed by atoms with Gasteiger partial charge in [-0.2, -0.15) is 0 Å². The Morgan fingerprint density at radius 3 is 2.84 bits per heavy atom. The van der Waals surface area contributed by atoms with Gasteiger partial charge in [-0.25, -0.2) is 4.79 Å². The zero-order valence-corrected chi connectivity index (χ0v) is 9.97.